The summed E-state index contributed by atoms with van der Waals surface area (Å²) in [5.74, 6) is -0.758. The first-order chi connectivity index (χ1) is 7.59. The molecule has 0 unspecified atom stereocenters. The second-order valence-electron chi connectivity index (χ2n) is 5.03. The van der Waals surface area contributed by atoms with Crippen molar-refractivity contribution in [3.05, 3.63) is 0 Å². The fraction of sp³-hybridized carbons (Fsp3) is 0.833. The molecule has 1 amide bonds. The monoisotopic (exact) mass is 225 g/mol. The lowest BCUT2D eigenvalue weighted by molar-refractivity contribution is -0.159. The molecule has 0 radical (unpaired) electrons. The molecule has 4 heteroatoms. The molecule has 1 N–H and O–H groups in total. The van der Waals surface area contributed by atoms with Gasteiger partial charge in [-0.05, 0) is 32.6 Å². The summed E-state index contributed by atoms with van der Waals surface area (Å²) >= 11 is 0. The van der Waals surface area contributed by atoms with Crippen molar-refractivity contribution < 1.29 is 14.7 Å². The Bertz CT molecular complexity index is 305. The highest BCUT2D eigenvalue weighted by Crippen LogP contribution is 2.45. The molecule has 0 aromatic carbocycles. The number of aliphatic carboxylic acids is 1. The number of hydrogen-bond donors (Lipinski definition) is 1. The standard InChI is InChI=1S/C12H19NO3/c1-2-13(9-4-5-9)10(14)8-12(11(15)16)6-3-7-12/h9H,2-8H2,1H3,(H,15,16). The zero-order chi connectivity index (χ0) is 11.8. The van der Waals surface area contributed by atoms with Crippen molar-refractivity contribution in [1.82, 2.24) is 4.90 Å². The normalized spacial score (nSPS) is 22.3. The van der Waals surface area contributed by atoms with Gasteiger partial charge in [0.25, 0.3) is 0 Å². The van der Waals surface area contributed by atoms with Crippen molar-refractivity contribution in [3.63, 3.8) is 0 Å². The largest absolute Gasteiger partial charge is 0.481 e. The molecule has 0 atom stereocenters. The number of hydrogen-bond acceptors (Lipinski definition) is 2. The summed E-state index contributed by atoms with van der Waals surface area (Å²) in [4.78, 5) is 25.0. The SMILES string of the molecule is CCN(C(=O)CC1(C(=O)O)CCC1)C1CC1. The molecule has 2 fully saturated rings. The maximum atomic E-state index is 12.0. The van der Waals surface area contributed by atoms with Crippen LogP contribution in [0.15, 0.2) is 0 Å². The van der Waals surface area contributed by atoms with E-state index in [1.165, 1.54) is 0 Å². The van der Waals surface area contributed by atoms with E-state index >= 15 is 0 Å². The molecule has 16 heavy (non-hydrogen) atoms. The molecular weight excluding hydrogens is 206 g/mol. The van der Waals surface area contributed by atoms with Crippen LogP contribution in [0.25, 0.3) is 0 Å². The maximum Gasteiger partial charge on any atom is 0.310 e. The Kier molecular flexibility index (Phi) is 2.91. The highest BCUT2D eigenvalue weighted by molar-refractivity contribution is 5.86. The summed E-state index contributed by atoms with van der Waals surface area (Å²) in [6.45, 7) is 2.67. The van der Waals surface area contributed by atoms with E-state index < -0.39 is 11.4 Å². The van der Waals surface area contributed by atoms with Gasteiger partial charge in [-0.3, -0.25) is 9.59 Å². The molecule has 0 spiro atoms. The Balaban J connectivity index is 1.97. The van der Waals surface area contributed by atoms with Crippen LogP contribution in [0.1, 0.15) is 45.4 Å². The van der Waals surface area contributed by atoms with E-state index in [1.54, 1.807) is 0 Å². The van der Waals surface area contributed by atoms with Crippen LogP contribution < -0.4 is 0 Å². The van der Waals surface area contributed by atoms with Gasteiger partial charge < -0.3 is 10.0 Å². The lowest BCUT2D eigenvalue weighted by atomic mass is 9.66. The molecule has 2 saturated carbocycles. The van der Waals surface area contributed by atoms with Gasteiger partial charge in [-0.25, -0.2) is 0 Å². The first kappa shape index (κ1) is 11.4. The van der Waals surface area contributed by atoms with Gasteiger partial charge in [0.2, 0.25) is 5.91 Å². The molecule has 90 valence electrons. The second kappa shape index (κ2) is 4.07. The number of rotatable bonds is 5. The van der Waals surface area contributed by atoms with Crippen LogP contribution in [-0.4, -0.2) is 34.5 Å². The van der Waals surface area contributed by atoms with Crippen molar-refractivity contribution >= 4 is 11.9 Å². The second-order valence-corrected chi connectivity index (χ2v) is 5.03. The summed E-state index contributed by atoms with van der Waals surface area (Å²) < 4.78 is 0. The van der Waals surface area contributed by atoms with E-state index in [-0.39, 0.29) is 12.3 Å². The van der Waals surface area contributed by atoms with Crippen LogP contribution in [0, 0.1) is 5.41 Å². The third kappa shape index (κ3) is 1.93. The Morgan fingerprint density at radius 2 is 2.00 bits per heavy atom. The van der Waals surface area contributed by atoms with Crippen molar-refractivity contribution in [1.29, 1.82) is 0 Å². The number of carboxylic acid groups (broad SMARTS) is 1. The predicted octanol–water partition coefficient (Wildman–Crippen LogP) is 1.64. The fourth-order valence-corrected chi connectivity index (χ4v) is 2.49. The zero-order valence-electron chi connectivity index (χ0n) is 9.74. The van der Waals surface area contributed by atoms with E-state index in [0.717, 1.165) is 19.3 Å². The summed E-state index contributed by atoms with van der Waals surface area (Å²) in [7, 11) is 0. The smallest absolute Gasteiger partial charge is 0.310 e. The zero-order valence-corrected chi connectivity index (χ0v) is 9.74. The van der Waals surface area contributed by atoms with E-state index in [4.69, 9.17) is 0 Å². The van der Waals surface area contributed by atoms with Gasteiger partial charge in [0.15, 0.2) is 0 Å². The average Bonchev–Trinajstić information content (AvgIpc) is 2.96. The van der Waals surface area contributed by atoms with Gasteiger partial charge >= 0.3 is 5.97 Å². The van der Waals surface area contributed by atoms with E-state index in [2.05, 4.69) is 0 Å². The van der Waals surface area contributed by atoms with Crippen molar-refractivity contribution in [2.45, 2.75) is 51.5 Å². The molecule has 0 bridgehead atoms. The van der Waals surface area contributed by atoms with Gasteiger partial charge in [0.05, 0.1) is 5.41 Å². The molecule has 0 aromatic heterocycles. The first-order valence-electron chi connectivity index (χ1n) is 6.12. The first-order valence-corrected chi connectivity index (χ1v) is 6.12. The van der Waals surface area contributed by atoms with Crippen LogP contribution in [0.2, 0.25) is 0 Å². The van der Waals surface area contributed by atoms with E-state index in [0.29, 0.717) is 25.4 Å². The number of amides is 1. The Morgan fingerprint density at radius 3 is 2.31 bits per heavy atom. The lowest BCUT2D eigenvalue weighted by Gasteiger charge is -2.38. The summed E-state index contributed by atoms with van der Waals surface area (Å²) in [5, 5.41) is 9.17. The Morgan fingerprint density at radius 1 is 1.38 bits per heavy atom. The van der Waals surface area contributed by atoms with Gasteiger partial charge in [-0.1, -0.05) is 6.42 Å². The molecule has 0 aromatic rings. The van der Waals surface area contributed by atoms with Crippen molar-refractivity contribution in [3.8, 4) is 0 Å². The Hall–Kier alpha value is -1.06. The molecule has 2 aliphatic carbocycles. The van der Waals surface area contributed by atoms with Crippen molar-refractivity contribution in [2.24, 2.45) is 5.41 Å². The van der Waals surface area contributed by atoms with Crippen LogP contribution in [0.3, 0.4) is 0 Å². The highest BCUT2D eigenvalue weighted by Gasteiger charge is 2.47. The van der Waals surface area contributed by atoms with Gasteiger partial charge in [0, 0.05) is 19.0 Å². The minimum atomic E-state index is -0.793. The van der Waals surface area contributed by atoms with Gasteiger partial charge in [0.1, 0.15) is 0 Å². The molecule has 2 aliphatic rings. The highest BCUT2D eigenvalue weighted by atomic mass is 16.4. The number of nitrogens with zero attached hydrogens (tertiary/aromatic N) is 1. The summed E-state index contributed by atoms with van der Waals surface area (Å²) in [5.41, 5.74) is -0.737. The number of carboxylic acids is 1. The van der Waals surface area contributed by atoms with Crippen LogP contribution in [0.4, 0.5) is 0 Å². The number of carbonyl (C=O) groups is 2. The van der Waals surface area contributed by atoms with E-state index in [9.17, 15) is 14.7 Å². The molecule has 0 aliphatic heterocycles. The van der Waals surface area contributed by atoms with Crippen LogP contribution in [0.5, 0.6) is 0 Å². The minimum Gasteiger partial charge on any atom is -0.481 e. The third-order valence-corrected chi connectivity index (χ3v) is 3.90. The number of carbonyl (C=O) groups excluding carboxylic acids is 1. The maximum absolute atomic E-state index is 12.0. The quantitative estimate of drug-likeness (QED) is 0.773. The van der Waals surface area contributed by atoms with Gasteiger partial charge in [-0.2, -0.15) is 0 Å². The summed E-state index contributed by atoms with van der Waals surface area (Å²) in [6, 6.07) is 0.392. The molecular formula is C12H19NO3. The van der Waals surface area contributed by atoms with Crippen LogP contribution in [-0.2, 0) is 9.59 Å². The topological polar surface area (TPSA) is 57.6 Å². The Labute approximate surface area is 95.6 Å². The lowest BCUT2D eigenvalue weighted by Crippen LogP contribution is -2.44. The van der Waals surface area contributed by atoms with E-state index in [1.807, 2.05) is 11.8 Å². The summed E-state index contributed by atoms with van der Waals surface area (Å²) in [6.07, 6.45) is 4.63. The third-order valence-electron chi connectivity index (χ3n) is 3.90. The minimum absolute atomic E-state index is 0.0344. The molecule has 0 saturated heterocycles. The fourth-order valence-electron chi connectivity index (χ4n) is 2.49. The predicted molar refractivity (Wildman–Crippen MR) is 58.9 cm³/mol. The average molecular weight is 225 g/mol. The van der Waals surface area contributed by atoms with Gasteiger partial charge in [-0.15, -0.1) is 0 Å². The van der Waals surface area contributed by atoms with Crippen LogP contribution >= 0.6 is 0 Å². The molecule has 0 heterocycles. The molecule has 2 rings (SSSR count). The molecule has 4 nitrogen and oxygen atoms in total. The van der Waals surface area contributed by atoms with Crippen molar-refractivity contribution in [2.75, 3.05) is 6.54 Å².